The summed E-state index contributed by atoms with van der Waals surface area (Å²) < 4.78 is 0. The Morgan fingerprint density at radius 3 is 2.75 bits per heavy atom. The van der Waals surface area contributed by atoms with Gasteiger partial charge in [-0.2, -0.15) is 0 Å². The molecule has 0 bridgehead atoms. The standard InChI is InChI=1S/C16H25ClN2O/c1-16(2,3)18-9-13-4-5-14(17)8-15(13)19-7-6-12(10-19)11-20/h4-5,8,12,18,20H,6-7,9-11H2,1-3H3. The van der Waals surface area contributed by atoms with E-state index in [1.165, 1.54) is 11.3 Å². The predicted molar refractivity (Wildman–Crippen MR) is 85.5 cm³/mol. The molecule has 20 heavy (non-hydrogen) atoms. The number of rotatable bonds is 4. The first-order chi connectivity index (χ1) is 9.39. The van der Waals surface area contributed by atoms with E-state index in [1.54, 1.807) is 0 Å². The first-order valence-electron chi connectivity index (χ1n) is 7.28. The molecule has 2 N–H and O–H groups in total. The van der Waals surface area contributed by atoms with Gasteiger partial charge in [0.15, 0.2) is 0 Å². The van der Waals surface area contributed by atoms with Crippen LogP contribution in [0.4, 0.5) is 5.69 Å². The molecule has 0 amide bonds. The third-order valence-corrected chi connectivity index (χ3v) is 3.98. The monoisotopic (exact) mass is 296 g/mol. The number of anilines is 1. The van der Waals surface area contributed by atoms with Gasteiger partial charge < -0.3 is 15.3 Å². The normalized spacial score (nSPS) is 19.6. The average Bonchev–Trinajstić information content (AvgIpc) is 2.84. The maximum atomic E-state index is 9.30. The second kappa shape index (κ2) is 6.33. The average molecular weight is 297 g/mol. The van der Waals surface area contributed by atoms with Crippen LogP contribution in [0.15, 0.2) is 18.2 Å². The minimum Gasteiger partial charge on any atom is -0.396 e. The summed E-state index contributed by atoms with van der Waals surface area (Å²) in [6, 6.07) is 6.09. The number of aliphatic hydroxyl groups excluding tert-OH is 1. The molecule has 1 aromatic rings. The number of nitrogens with one attached hydrogen (secondary N) is 1. The van der Waals surface area contributed by atoms with Gasteiger partial charge >= 0.3 is 0 Å². The lowest BCUT2D eigenvalue weighted by Crippen LogP contribution is -2.35. The minimum absolute atomic E-state index is 0.0928. The van der Waals surface area contributed by atoms with Crippen LogP contribution in [0.5, 0.6) is 0 Å². The van der Waals surface area contributed by atoms with E-state index in [0.29, 0.717) is 5.92 Å². The molecule has 0 radical (unpaired) electrons. The van der Waals surface area contributed by atoms with Gasteiger partial charge in [-0.05, 0) is 44.9 Å². The van der Waals surface area contributed by atoms with E-state index in [0.717, 1.165) is 31.1 Å². The Morgan fingerprint density at radius 1 is 1.40 bits per heavy atom. The number of halogens is 1. The van der Waals surface area contributed by atoms with Crippen molar-refractivity contribution in [3.05, 3.63) is 28.8 Å². The molecule has 112 valence electrons. The molecule has 1 unspecified atom stereocenters. The molecule has 0 spiro atoms. The molecule has 1 fully saturated rings. The molecule has 1 aliphatic rings. The Balaban J connectivity index is 2.16. The first-order valence-corrected chi connectivity index (χ1v) is 7.66. The SMILES string of the molecule is CC(C)(C)NCc1ccc(Cl)cc1N1CCC(CO)C1. The molecular weight excluding hydrogens is 272 g/mol. The van der Waals surface area contributed by atoms with Gasteiger partial charge in [-0.3, -0.25) is 0 Å². The Hall–Kier alpha value is -0.770. The van der Waals surface area contributed by atoms with Crippen molar-refractivity contribution in [1.82, 2.24) is 5.32 Å². The maximum Gasteiger partial charge on any atom is 0.0476 e. The van der Waals surface area contributed by atoms with E-state index in [4.69, 9.17) is 11.6 Å². The number of hydrogen-bond donors (Lipinski definition) is 2. The van der Waals surface area contributed by atoms with Gasteiger partial charge in [0, 0.05) is 48.4 Å². The van der Waals surface area contributed by atoms with Gasteiger partial charge in [-0.1, -0.05) is 17.7 Å². The summed E-state index contributed by atoms with van der Waals surface area (Å²) in [5.41, 5.74) is 2.56. The van der Waals surface area contributed by atoms with Crippen LogP contribution in [0, 0.1) is 5.92 Å². The lowest BCUT2D eigenvalue weighted by Gasteiger charge is -2.25. The molecule has 2 rings (SSSR count). The quantitative estimate of drug-likeness (QED) is 0.896. The van der Waals surface area contributed by atoms with Gasteiger partial charge in [0.25, 0.3) is 0 Å². The maximum absolute atomic E-state index is 9.30. The summed E-state index contributed by atoms with van der Waals surface area (Å²) in [6.07, 6.45) is 1.05. The highest BCUT2D eigenvalue weighted by atomic mass is 35.5. The van der Waals surface area contributed by atoms with Crippen LogP contribution in [0.1, 0.15) is 32.8 Å². The van der Waals surface area contributed by atoms with Crippen LogP contribution in [0.25, 0.3) is 0 Å². The summed E-state index contributed by atoms with van der Waals surface area (Å²) in [5, 5.41) is 13.6. The van der Waals surface area contributed by atoms with Crippen molar-refractivity contribution >= 4 is 17.3 Å². The fourth-order valence-electron chi connectivity index (χ4n) is 2.54. The van der Waals surface area contributed by atoms with Crippen LogP contribution >= 0.6 is 11.6 Å². The summed E-state index contributed by atoms with van der Waals surface area (Å²) in [7, 11) is 0. The second-order valence-electron chi connectivity index (χ2n) is 6.66. The topological polar surface area (TPSA) is 35.5 Å². The van der Waals surface area contributed by atoms with E-state index < -0.39 is 0 Å². The Morgan fingerprint density at radius 2 is 2.15 bits per heavy atom. The highest BCUT2D eigenvalue weighted by molar-refractivity contribution is 6.30. The van der Waals surface area contributed by atoms with E-state index in [9.17, 15) is 5.11 Å². The summed E-state index contributed by atoms with van der Waals surface area (Å²) in [5.74, 6) is 0.386. The summed E-state index contributed by atoms with van der Waals surface area (Å²) in [6.45, 7) is 9.51. The Kier molecular flexibility index (Phi) is 4.95. The van der Waals surface area contributed by atoms with Crippen LogP contribution in [0.3, 0.4) is 0 Å². The number of benzene rings is 1. The lowest BCUT2D eigenvalue weighted by molar-refractivity contribution is 0.238. The van der Waals surface area contributed by atoms with Crippen molar-refractivity contribution in [2.24, 2.45) is 5.92 Å². The molecule has 1 aromatic carbocycles. The van der Waals surface area contributed by atoms with E-state index in [1.807, 2.05) is 12.1 Å². The van der Waals surface area contributed by atoms with Crippen molar-refractivity contribution in [3.8, 4) is 0 Å². The smallest absolute Gasteiger partial charge is 0.0476 e. The fraction of sp³-hybridized carbons (Fsp3) is 0.625. The molecule has 4 heteroatoms. The molecule has 1 saturated heterocycles. The third-order valence-electron chi connectivity index (χ3n) is 3.74. The zero-order chi connectivity index (χ0) is 14.8. The van der Waals surface area contributed by atoms with Crippen molar-refractivity contribution < 1.29 is 5.11 Å². The molecule has 0 aromatic heterocycles. The number of hydrogen-bond acceptors (Lipinski definition) is 3. The highest BCUT2D eigenvalue weighted by Gasteiger charge is 2.24. The van der Waals surface area contributed by atoms with E-state index in [-0.39, 0.29) is 12.1 Å². The molecular formula is C16H25ClN2O. The largest absolute Gasteiger partial charge is 0.396 e. The van der Waals surface area contributed by atoms with Crippen molar-refractivity contribution in [2.45, 2.75) is 39.3 Å². The van der Waals surface area contributed by atoms with Gasteiger partial charge in [0.05, 0.1) is 0 Å². The van der Waals surface area contributed by atoms with E-state index >= 15 is 0 Å². The molecule has 1 aliphatic heterocycles. The Labute approximate surface area is 126 Å². The fourth-order valence-corrected chi connectivity index (χ4v) is 2.71. The van der Waals surface area contributed by atoms with Gasteiger partial charge in [-0.25, -0.2) is 0 Å². The van der Waals surface area contributed by atoms with Crippen LogP contribution < -0.4 is 10.2 Å². The van der Waals surface area contributed by atoms with Gasteiger partial charge in [0.1, 0.15) is 0 Å². The molecule has 1 atom stereocenters. The van der Waals surface area contributed by atoms with Gasteiger partial charge in [-0.15, -0.1) is 0 Å². The van der Waals surface area contributed by atoms with Crippen molar-refractivity contribution in [1.29, 1.82) is 0 Å². The Bertz CT molecular complexity index is 456. The second-order valence-corrected chi connectivity index (χ2v) is 7.10. The van der Waals surface area contributed by atoms with Crippen LogP contribution in [0.2, 0.25) is 5.02 Å². The molecule has 0 saturated carbocycles. The first kappa shape index (κ1) is 15.6. The lowest BCUT2D eigenvalue weighted by atomic mass is 10.1. The third kappa shape index (κ3) is 4.11. The zero-order valence-electron chi connectivity index (χ0n) is 12.6. The zero-order valence-corrected chi connectivity index (χ0v) is 13.4. The molecule has 3 nitrogen and oxygen atoms in total. The number of aliphatic hydroxyl groups is 1. The highest BCUT2D eigenvalue weighted by Crippen LogP contribution is 2.30. The van der Waals surface area contributed by atoms with E-state index in [2.05, 4.69) is 37.1 Å². The minimum atomic E-state index is 0.0928. The van der Waals surface area contributed by atoms with Gasteiger partial charge in [0.2, 0.25) is 0 Å². The molecule has 1 heterocycles. The number of nitrogens with zero attached hydrogens (tertiary/aromatic N) is 1. The predicted octanol–water partition coefficient (Wildman–Crippen LogP) is 3.05. The molecule has 0 aliphatic carbocycles. The van der Waals surface area contributed by atoms with Crippen LogP contribution in [-0.4, -0.2) is 30.3 Å². The van der Waals surface area contributed by atoms with Crippen molar-refractivity contribution in [3.63, 3.8) is 0 Å². The van der Waals surface area contributed by atoms with Crippen LogP contribution in [-0.2, 0) is 6.54 Å². The summed E-state index contributed by atoms with van der Waals surface area (Å²) >= 11 is 6.16. The summed E-state index contributed by atoms with van der Waals surface area (Å²) in [4.78, 5) is 2.34. The van der Waals surface area contributed by atoms with Crippen molar-refractivity contribution in [2.75, 3.05) is 24.6 Å².